The van der Waals surface area contributed by atoms with E-state index in [1.165, 1.54) is 30.4 Å². The van der Waals surface area contributed by atoms with Crippen molar-refractivity contribution in [3.8, 4) is 0 Å². The first kappa shape index (κ1) is 13.2. The van der Waals surface area contributed by atoms with Gasteiger partial charge in [0.15, 0.2) is 11.6 Å². The monoisotopic (exact) mass is 302 g/mol. The van der Waals surface area contributed by atoms with Crippen LogP contribution in [-0.2, 0) is 4.79 Å². The number of rotatable bonds is 3. The minimum absolute atomic E-state index is 0.198. The number of nitrogens with one attached hydrogen (secondary N) is 1. The molecule has 0 fully saturated rings. The van der Waals surface area contributed by atoms with E-state index in [-0.39, 0.29) is 23.0 Å². The van der Waals surface area contributed by atoms with Gasteiger partial charge >= 0.3 is 0 Å². The van der Waals surface area contributed by atoms with Crippen molar-refractivity contribution >= 4 is 46.1 Å². The van der Waals surface area contributed by atoms with Crippen molar-refractivity contribution < 1.29 is 9.59 Å². The number of carbonyl (C=O) groups excluding carboxylic acids is 2. The first-order valence-electron chi connectivity index (χ1n) is 5.90. The molecule has 0 spiro atoms. The number of carbonyl (C=O) groups is 2. The Hall–Kier alpha value is -1.79. The maximum atomic E-state index is 12.5. The zero-order chi connectivity index (χ0) is 14.1. The molecule has 0 bridgehead atoms. The standard InChI is InChI=1S/C14H10N2O2S2/c1-8(17)11(14-19-6-7-20-14)12(18)13-15-9-4-2-3-5-10(9)16-13/h2-7H,1H3,(H,15,16). The Morgan fingerprint density at radius 1 is 1.15 bits per heavy atom. The molecule has 1 aliphatic heterocycles. The molecule has 0 unspecified atom stereocenters. The van der Waals surface area contributed by atoms with Crippen molar-refractivity contribution in [3.05, 3.63) is 50.7 Å². The number of fused-ring (bicyclic) bond motifs is 1. The number of H-pyrrole nitrogens is 1. The number of imidazole rings is 1. The van der Waals surface area contributed by atoms with Crippen molar-refractivity contribution in [1.29, 1.82) is 0 Å². The summed E-state index contributed by atoms with van der Waals surface area (Å²) in [5.74, 6) is -0.390. The SMILES string of the molecule is CC(=O)C(C(=O)c1nc2ccccc2[nH]1)=C1SC=CS1. The summed E-state index contributed by atoms with van der Waals surface area (Å²) in [6, 6.07) is 7.39. The lowest BCUT2D eigenvalue weighted by Crippen LogP contribution is -2.13. The lowest BCUT2D eigenvalue weighted by atomic mass is 10.1. The van der Waals surface area contributed by atoms with Crippen molar-refractivity contribution in [2.45, 2.75) is 6.92 Å². The number of allylic oxidation sites excluding steroid dienone is 1. The Morgan fingerprint density at radius 2 is 1.85 bits per heavy atom. The third-order valence-electron chi connectivity index (χ3n) is 2.79. The van der Waals surface area contributed by atoms with E-state index in [4.69, 9.17) is 0 Å². The lowest BCUT2D eigenvalue weighted by molar-refractivity contribution is -0.113. The highest BCUT2D eigenvalue weighted by Gasteiger charge is 2.25. The second-order valence-electron chi connectivity index (χ2n) is 4.16. The van der Waals surface area contributed by atoms with Gasteiger partial charge in [0.1, 0.15) is 0 Å². The molecule has 0 saturated heterocycles. The van der Waals surface area contributed by atoms with Crippen LogP contribution in [-0.4, -0.2) is 21.5 Å². The van der Waals surface area contributed by atoms with Gasteiger partial charge in [0.25, 0.3) is 0 Å². The Balaban J connectivity index is 2.06. The van der Waals surface area contributed by atoms with E-state index in [9.17, 15) is 9.59 Å². The molecule has 100 valence electrons. The predicted molar refractivity (Wildman–Crippen MR) is 82.5 cm³/mol. The minimum Gasteiger partial charge on any atom is -0.335 e. The molecule has 6 heteroatoms. The van der Waals surface area contributed by atoms with Crippen LogP contribution in [0.1, 0.15) is 17.5 Å². The van der Waals surface area contributed by atoms with Crippen LogP contribution in [0.3, 0.4) is 0 Å². The van der Waals surface area contributed by atoms with Gasteiger partial charge in [0.2, 0.25) is 5.78 Å². The molecule has 2 heterocycles. The highest BCUT2D eigenvalue weighted by molar-refractivity contribution is 8.27. The average molecular weight is 302 g/mol. The summed E-state index contributed by atoms with van der Waals surface area (Å²) in [6.45, 7) is 1.41. The predicted octanol–water partition coefficient (Wildman–Crippen LogP) is 3.50. The average Bonchev–Trinajstić information content (AvgIpc) is 3.06. The van der Waals surface area contributed by atoms with Crippen LogP contribution < -0.4 is 0 Å². The number of hydrogen-bond donors (Lipinski definition) is 1. The maximum Gasteiger partial charge on any atom is 0.233 e. The highest BCUT2D eigenvalue weighted by atomic mass is 32.2. The first-order valence-corrected chi connectivity index (χ1v) is 7.66. The van der Waals surface area contributed by atoms with Gasteiger partial charge in [-0.2, -0.15) is 0 Å². The van der Waals surface area contributed by atoms with Crippen molar-refractivity contribution in [2.75, 3.05) is 0 Å². The molecule has 4 nitrogen and oxygen atoms in total. The molecule has 0 radical (unpaired) electrons. The van der Waals surface area contributed by atoms with Gasteiger partial charge in [-0.25, -0.2) is 4.98 Å². The molecule has 1 aromatic heterocycles. The topological polar surface area (TPSA) is 62.8 Å². The second-order valence-corrected chi connectivity index (χ2v) is 6.25. The van der Waals surface area contributed by atoms with Crippen molar-refractivity contribution in [3.63, 3.8) is 0 Å². The summed E-state index contributed by atoms with van der Waals surface area (Å²) in [5.41, 5.74) is 1.70. The summed E-state index contributed by atoms with van der Waals surface area (Å²) in [5, 5.41) is 3.71. The van der Waals surface area contributed by atoms with Gasteiger partial charge in [-0.05, 0) is 29.9 Å². The number of nitrogens with zero attached hydrogens (tertiary/aromatic N) is 1. The largest absolute Gasteiger partial charge is 0.335 e. The summed E-state index contributed by atoms with van der Waals surface area (Å²) in [4.78, 5) is 31.5. The van der Waals surface area contributed by atoms with Gasteiger partial charge in [0.05, 0.1) is 20.8 Å². The fraction of sp³-hybridized carbons (Fsp3) is 0.0714. The summed E-state index contributed by atoms with van der Waals surface area (Å²) < 4.78 is 0.711. The number of thioether (sulfide) groups is 2. The first-order chi connectivity index (χ1) is 9.66. The molecule has 1 aliphatic rings. The van der Waals surface area contributed by atoms with E-state index in [1.54, 1.807) is 0 Å². The summed E-state index contributed by atoms with van der Waals surface area (Å²) in [6.07, 6.45) is 0. The fourth-order valence-corrected chi connectivity index (χ4v) is 3.86. The smallest absolute Gasteiger partial charge is 0.233 e. The van der Waals surface area contributed by atoms with Gasteiger partial charge in [0, 0.05) is 0 Å². The van der Waals surface area contributed by atoms with E-state index in [1.807, 2.05) is 35.1 Å². The van der Waals surface area contributed by atoms with E-state index in [0.29, 0.717) is 9.75 Å². The number of aromatic amines is 1. The second kappa shape index (κ2) is 5.30. The fourth-order valence-electron chi connectivity index (χ4n) is 1.90. The molecular weight excluding hydrogens is 292 g/mol. The van der Waals surface area contributed by atoms with Crippen LogP contribution in [0.15, 0.2) is 44.9 Å². The molecule has 1 N–H and O–H groups in total. The molecule has 0 atom stereocenters. The zero-order valence-corrected chi connectivity index (χ0v) is 12.2. The summed E-state index contributed by atoms with van der Waals surface area (Å²) >= 11 is 2.77. The van der Waals surface area contributed by atoms with Gasteiger partial charge < -0.3 is 4.98 Å². The van der Waals surface area contributed by atoms with Crippen LogP contribution in [0, 0.1) is 0 Å². The van der Waals surface area contributed by atoms with Crippen LogP contribution in [0.25, 0.3) is 11.0 Å². The Labute approximate surface area is 123 Å². The number of ketones is 2. The van der Waals surface area contributed by atoms with Crippen molar-refractivity contribution in [1.82, 2.24) is 9.97 Å². The van der Waals surface area contributed by atoms with Gasteiger partial charge in [-0.15, -0.1) is 0 Å². The molecule has 0 aliphatic carbocycles. The van der Waals surface area contributed by atoms with Gasteiger partial charge in [-0.3, -0.25) is 9.59 Å². The quantitative estimate of drug-likeness (QED) is 0.407. The number of Topliss-reactive ketones (excluding diaryl/α,β-unsaturated/α-hetero) is 2. The Bertz CT molecular complexity index is 731. The van der Waals surface area contributed by atoms with E-state index < -0.39 is 0 Å². The molecule has 20 heavy (non-hydrogen) atoms. The number of hydrogen-bond acceptors (Lipinski definition) is 5. The van der Waals surface area contributed by atoms with Crippen LogP contribution in [0.5, 0.6) is 0 Å². The van der Waals surface area contributed by atoms with Crippen LogP contribution in [0.4, 0.5) is 0 Å². The molecular formula is C14H10N2O2S2. The molecule has 1 aromatic carbocycles. The van der Waals surface area contributed by atoms with Gasteiger partial charge in [-0.1, -0.05) is 35.7 Å². The number of para-hydroxylation sites is 2. The zero-order valence-electron chi connectivity index (χ0n) is 10.5. The highest BCUT2D eigenvalue weighted by Crippen LogP contribution is 2.40. The number of aromatic nitrogens is 2. The van der Waals surface area contributed by atoms with Crippen LogP contribution in [0.2, 0.25) is 0 Å². The summed E-state index contributed by atoms with van der Waals surface area (Å²) in [7, 11) is 0. The van der Waals surface area contributed by atoms with E-state index in [2.05, 4.69) is 9.97 Å². The Morgan fingerprint density at radius 3 is 2.50 bits per heavy atom. The Kier molecular flexibility index (Phi) is 3.50. The minimum atomic E-state index is -0.354. The molecule has 3 rings (SSSR count). The van der Waals surface area contributed by atoms with E-state index >= 15 is 0 Å². The van der Waals surface area contributed by atoms with Crippen LogP contribution >= 0.6 is 23.5 Å². The maximum absolute atomic E-state index is 12.5. The normalized spacial score (nSPS) is 13.9. The third kappa shape index (κ3) is 2.32. The lowest BCUT2D eigenvalue weighted by Gasteiger charge is -2.03. The molecule has 0 saturated carbocycles. The van der Waals surface area contributed by atoms with E-state index in [0.717, 1.165) is 5.52 Å². The molecule has 0 amide bonds. The number of benzene rings is 1. The van der Waals surface area contributed by atoms with Crippen molar-refractivity contribution in [2.24, 2.45) is 0 Å². The third-order valence-corrected chi connectivity index (χ3v) is 4.92. The molecule has 2 aromatic rings.